The van der Waals surface area contributed by atoms with Crippen molar-refractivity contribution in [2.45, 2.75) is 6.54 Å². The lowest BCUT2D eigenvalue weighted by Crippen LogP contribution is -2.34. The zero-order chi connectivity index (χ0) is 22.8. The third-order valence-electron chi connectivity index (χ3n) is 5.68. The van der Waals surface area contributed by atoms with Crippen LogP contribution in [0.5, 0.6) is 0 Å². The van der Waals surface area contributed by atoms with E-state index in [1.54, 1.807) is 17.0 Å². The van der Waals surface area contributed by atoms with Crippen molar-refractivity contribution in [3.8, 4) is 0 Å². The van der Waals surface area contributed by atoms with E-state index in [1.807, 2.05) is 60.7 Å². The Kier molecular flexibility index (Phi) is 6.03. The maximum absolute atomic E-state index is 13.5. The average Bonchev–Trinajstić information content (AvgIpc) is 2.84. The number of rotatable bonds is 4. The first kappa shape index (κ1) is 21.5. The molecular weight excluding hydrogens is 496 g/mol. The summed E-state index contributed by atoms with van der Waals surface area (Å²) in [7, 11) is 0. The molecule has 0 aliphatic rings. The summed E-state index contributed by atoms with van der Waals surface area (Å²) >= 11 is 9.57. The number of hydrogen-bond acceptors (Lipinski definition) is 1. The van der Waals surface area contributed by atoms with E-state index in [4.69, 9.17) is 11.6 Å². The molecule has 0 aliphatic heterocycles. The van der Waals surface area contributed by atoms with Crippen molar-refractivity contribution < 1.29 is 4.79 Å². The van der Waals surface area contributed by atoms with E-state index in [-0.39, 0.29) is 6.03 Å². The quantitative estimate of drug-likeness (QED) is 0.239. The summed E-state index contributed by atoms with van der Waals surface area (Å²) in [6.07, 6.45) is 0. The highest BCUT2D eigenvalue weighted by Crippen LogP contribution is 2.31. The molecule has 0 fully saturated rings. The van der Waals surface area contributed by atoms with Gasteiger partial charge in [-0.2, -0.15) is 0 Å². The van der Waals surface area contributed by atoms with E-state index >= 15 is 0 Å². The summed E-state index contributed by atoms with van der Waals surface area (Å²) < 4.78 is 0.956. The van der Waals surface area contributed by atoms with Crippen LogP contribution >= 0.6 is 27.5 Å². The van der Waals surface area contributed by atoms with E-state index in [0.717, 1.165) is 43.0 Å². The standard InChI is InChI=1S/C28H20BrClN2O/c29-21-9-13-23(14-10-21)31-28(33)32(24-15-11-22(30)12-16-24)18-27-25-7-3-1-5-19(25)17-20-6-2-4-8-26(20)27/h1-17H,18H2,(H,31,33). The number of amides is 2. The average molecular weight is 516 g/mol. The summed E-state index contributed by atoms with van der Waals surface area (Å²) in [5, 5.41) is 8.22. The predicted octanol–water partition coefficient (Wildman–Crippen LogP) is 8.65. The van der Waals surface area contributed by atoms with Crippen molar-refractivity contribution in [1.29, 1.82) is 0 Å². The number of hydrogen-bond donors (Lipinski definition) is 1. The zero-order valence-electron chi connectivity index (χ0n) is 17.6. The molecule has 0 heterocycles. The van der Waals surface area contributed by atoms with Crippen LogP contribution in [0, 0.1) is 0 Å². The Morgan fingerprint density at radius 1 is 0.788 bits per heavy atom. The Morgan fingerprint density at radius 2 is 1.36 bits per heavy atom. The number of fused-ring (bicyclic) bond motifs is 2. The highest BCUT2D eigenvalue weighted by Gasteiger charge is 2.19. The Morgan fingerprint density at radius 3 is 1.97 bits per heavy atom. The molecule has 162 valence electrons. The summed E-state index contributed by atoms with van der Waals surface area (Å²) in [6.45, 7) is 0.409. The molecule has 5 aromatic rings. The molecule has 0 atom stereocenters. The fraction of sp³-hybridized carbons (Fsp3) is 0.0357. The van der Waals surface area contributed by atoms with Gasteiger partial charge in [-0.25, -0.2) is 4.79 Å². The van der Waals surface area contributed by atoms with Gasteiger partial charge in [0.15, 0.2) is 0 Å². The number of nitrogens with one attached hydrogen (secondary N) is 1. The topological polar surface area (TPSA) is 32.3 Å². The monoisotopic (exact) mass is 514 g/mol. The van der Waals surface area contributed by atoms with Gasteiger partial charge < -0.3 is 5.32 Å². The fourth-order valence-corrected chi connectivity index (χ4v) is 4.45. The van der Waals surface area contributed by atoms with Gasteiger partial charge in [0.1, 0.15) is 0 Å². The first-order chi connectivity index (χ1) is 16.1. The summed E-state index contributed by atoms with van der Waals surface area (Å²) in [4.78, 5) is 15.3. The lowest BCUT2D eigenvalue weighted by atomic mass is 9.96. The minimum atomic E-state index is -0.211. The van der Waals surface area contributed by atoms with Gasteiger partial charge in [-0.15, -0.1) is 0 Å². The zero-order valence-corrected chi connectivity index (χ0v) is 20.0. The fourth-order valence-electron chi connectivity index (χ4n) is 4.06. The lowest BCUT2D eigenvalue weighted by Gasteiger charge is -2.25. The Bertz CT molecular complexity index is 1400. The van der Waals surface area contributed by atoms with Gasteiger partial charge in [-0.3, -0.25) is 4.90 Å². The van der Waals surface area contributed by atoms with Crippen molar-refractivity contribution in [1.82, 2.24) is 0 Å². The lowest BCUT2D eigenvalue weighted by molar-refractivity contribution is 0.256. The van der Waals surface area contributed by atoms with Gasteiger partial charge in [0.2, 0.25) is 0 Å². The van der Waals surface area contributed by atoms with Crippen molar-refractivity contribution in [3.05, 3.63) is 118 Å². The summed E-state index contributed by atoms with van der Waals surface area (Å²) in [5.74, 6) is 0. The van der Waals surface area contributed by atoms with Gasteiger partial charge in [0.05, 0.1) is 6.54 Å². The van der Waals surface area contributed by atoms with Crippen LogP contribution in [0.3, 0.4) is 0 Å². The van der Waals surface area contributed by atoms with Crippen LogP contribution in [0.25, 0.3) is 21.5 Å². The number of nitrogens with zero attached hydrogens (tertiary/aromatic N) is 1. The van der Waals surface area contributed by atoms with Gasteiger partial charge in [-0.1, -0.05) is 76.1 Å². The number of carbonyl (C=O) groups excluding carboxylic acids is 1. The highest BCUT2D eigenvalue weighted by molar-refractivity contribution is 9.10. The second-order valence-electron chi connectivity index (χ2n) is 7.80. The van der Waals surface area contributed by atoms with Crippen LogP contribution < -0.4 is 10.2 Å². The number of anilines is 2. The van der Waals surface area contributed by atoms with Gasteiger partial charge in [0, 0.05) is 20.9 Å². The number of urea groups is 1. The largest absolute Gasteiger partial charge is 0.326 e. The second-order valence-corrected chi connectivity index (χ2v) is 9.15. The van der Waals surface area contributed by atoms with E-state index < -0.39 is 0 Å². The molecule has 0 saturated carbocycles. The van der Waals surface area contributed by atoms with Crippen molar-refractivity contribution in [2.75, 3.05) is 10.2 Å². The van der Waals surface area contributed by atoms with Gasteiger partial charge >= 0.3 is 6.03 Å². The third kappa shape index (κ3) is 4.58. The first-order valence-corrected chi connectivity index (χ1v) is 11.7. The number of halogens is 2. The molecule has 0 saturated heterocycles. The predicted molar refractivity (Wildman–Crippen MR) is 142 cm³/mol. The maximum atomic E-state index is 13.5. The molecule has 0 bridgehead atoms. The SMILES string of the molecule is O=C(Nc1ccc(Br)cc1)N(Cc1c2ccccc2cc2ccccc12)c1ccc(Cl)cc1. The Balaban J connectivity index is 1.61. The van der Waals surface area contributed by atoms with Crippen molar-refractivity contribution in [3.63, 3.8) is 0 Å². The molecule has 5 rings (SSSR count). The molecule has 0 spiro atoms. The van der Waals surface area contributed by atoms with E-state index in [1.165, 1.54) is 0 Å². The molecule has 0 aliphatic carbocycles. The second kappa shape index (κ2) is 9.26. The molecule has 5 aromatic carbocycles. The Hall–Kier alpha value is -3.34. The van der Waals surface area contributed by atoms with E-state index in [0.29, 0.717) is 11.6 Å². The van der Waals surface area contributed by atoms with Gasteiger partial charge in [-0.05, 0) is 81.7 Å². The molecule has 33 heavy (non-hydrogen) atoms. The molecule has 5 heteroatoms. The van der Waals surface area contributed by atoms with Gasteiger partial charge in [0.25, 0.3) is 0 Å². The third-order valence-corrected chi connectivity index (χ3v) is 6.46. The van der Waals surface area contributed by atoms with Crippen molar-refractivity contribution in [2.24, 2.45) is 0 Å². The highest BCUT2D eigenvalue weighted by atomic mass is 79.9. The first-order valence-electron chi connectivity index (χ1n) is 10.6. The number of benzene rings is 5. The number of carbonyl (C=O) groups is 1. The van der Waals surface area contributed by atoms with Crippen LogP contribution in [0.2, 0.25) is 5.02 Å². The molecule has 0 radical (unpaired) electrons. The van der Waals surface area contributed by atoms with Crippen LogP contribution in [0.1, 0.15) is 5.56 Å². The molecule has 2 amide bonds. The van der Waals surface area contributed by atoms with Crippen LogP contribution in [0.4, 0.5) is 16.2 Å². The van der Waals surface area contributed by atoms with Crippen LogP contribution in [-0.2, 0) is 6.54 Å². The molecule has 0 aromatic heterocycles. The molecule has 0 unspecified atom stereocenters. The normalized spacial score (nSPS) is 11.0. The molecular formula is C28H20BrClN2O. The summed E-state index contributed by atoms with van der Waals surface area (Å²) in [6, 6.07) is 33.5. The minimum absolute atomic E-state index is 0.211. The van der Waals surface area contributed by atoms with Crippen LogP contribution in [0.15, 0.2) is 108 Å². The van der Waals surface area contributed by atoms with E-state index in [2.05, 4.69) is 51.6 Å². The molecule has 1 N–H and O–H groups in total. The maximum Gasteiger partial charge on any atom is 0.326 e. The summed E-state index contributed by atoms with van der Waals surface area (Å²) in [5.41, 5.74) is 2.60. The van der Waals surface area contributed by atoms with Crippen LogP contribution in [-0.4, -0.2) is 6.03 Å². The van der Waals surface area contributed by atoms with Crippen molar-refractivity contribution >= 4 is 66.5 Å². The minimum Gasteiger partial charge on any atom is -0.308 e. The Labute approximate surface area is 205 Å². The van der Waals surface area contributed by atoms with E-state index in [9.17, 15) is 4.79 Å². The molecule has 3 nitrogen and oxygen atoms in total. The smallest absolute Gasteiger partial charge is 0.308 e.